The molecule has 0 bridgehead atoms. The Labute approximate surface area is 82.0 Å². The Morgan fingerprint density at radius 1 is 1.46 bits per heavy atom. The van der Waals surface area contributed by atoms with Crippen LogP contribution in [0.2, 0.25) is 0 Å². The molecule has 0 atom stereocenters. The molecule has 1 saturated carbocycles. The van der Waals surface area contributed by atoms with Crippen molar-refractivity contribution < 1.29 is 0 Å². The summed E-state index contributed by atoms with van der Waals surface area (Å²) in [6.45, 7) is 0. The van der Waals surface area contributed by atoms with Gasteiger partial charge in [-0.15, -0.1) is 11.8 Å². The van der Waals surface area contributed by atoms with Crippen molar-refractivity contribution in [1.29, 1.82) is 0 Å². The van der Waals surface area contributed by atoms with E-state index in [1.807, 2.05) is 23.1 Å². The third-order valence-corrected chi connectivity index (χ3v) is 3.33. The zero-order valence-electron chi connectivity index (χ0n) is 7.69. The molecule has 0 spiro atoms. The highest BCUT2D eigenvalue weighted by atomic mass is 32.2. The van der Waals surface area contributed by atoms with Crippen LogP contribution in [0.4, 0.5) is 0 Å². The van der Waals surface area contributed by atoms with Crippen LogP contribution in [0, 0.1) is 0 Å². The second kappa shape index (κ2) is 3.58. The SMILES string of the molecule is CSc1ccc(=O)n(C2CCC2)c1. The van der Waals surface area contributed by atoms with Crippen molar-refractivity contribution >= 4 is 11.8 Å². The maximum Gasteiger partial charge on any atom is 0.250 e. The van der Waals surface area contributed by atoms with Crippen LogP contribution in [0.5, 0.6) is 0 Å². The van der Waals surface area contributed by atoms with Crippen LogP contribution in [-0.2, 0) is 0 Å². The van der Waals surface area contributed by atoms with Crippen LogP contribution in [0.25, 0.3) is 0 Å². The molecule has 1 fully saturated rings. The average Bonchev–Trinajstić information content (AvgIpc) is 2.06. The Kier molecular flexibility index (Phi) is 2.44. The van der Waals surface area contributed by atoms with E-state index >= 15 is 0 Å². The van der Waals surface area contributed by atoms with Gasteiger partial charge in [-0.25, -0.2) is 0 Å². The summed E-state index contributed by atoms with van der Waals surface area (Å²) in [5.41, 5.74) is 0.141. The van der Waals surface area contributed by atoms with Crippen molar-refractivity contribution in [3.8, 4) is 0 Å². The first-order valence-electron chi connectivity index (χ1n) is 4.57. The van der Waals surface area contributed by atoms with E-state index in [9.17, 15) is 4.79 Å². The van der Waals surface area contributed by atoms with E-state index in [4.69, 9.17) is 0 Å². The highest BCUT2D eigenvalue weighted by molar-refractivity contribution is 7.98. The smallest absolute Gasteiger partial charge is 0.250 e. The van der Waals surface area contributed by atoms with Crippen LogP contribution in [0.15, 0.2) is 28.0 Å². The van der Waals surface area contributed by atoms with E-state index < -0.39 is 0 Å². The number of hydrogen-bond acceptors (Lipinski definition) is 2. The van der Waals surface area contributed by atoms with Gasteiger partial charge in [0.2, 0.25) is 0 Å². The monoisotopic (exact) mass is 195 g/mol. The Morgan fingerprint density at radius 3 is 2.77 bits per heavy atom. The van der Waals surface area contributed by atoms with E-state index in [1.54, 1.807) is 17.8 Å². The fourth-order valence-corrected chi connectivity index (χ4v) is 1.98. The number of nitrogens with zero attached hydrogens (tertiary/aromatic N) is 1. The van der Waals surface area contributed by atoms with Crippen LogP contribution in [-0.4, -0.2) is 10.8 Å². The topological polar surface area (TPSA) is 22.0 Å². The first-order chi connectivity index (χ1) is 6.31. The molecule has 0 N–H and O–H groups in total. The molecule has 70 valence electrons. The first kappa shape index (κ1) is 8.88. The van der Waals surface area contributed by atoms with Crippen molar-refractivity contribution in [3.05, 3.63) is 28.7 Å². The predicted octanol–water partition coefficient (Wildman–Crippen LogP) is 2.30. The minimum absolute atomic E-state index is 0.141. The third kappa shape index (κ3) is 1.66. The van der Waals surface area contributed by atoms with Gasteiger partial charge in [-0.05, 0) is 31.6 Å². The van der Waals surface area contributed by atoms with Crippen LogP contribution < -0.4 is 5.56 Å². The minimum atomic E-state index is 0.141. The summed E-state index contributed by atoms with van der Waals surface area (Å²) in [7, 11) is 0. The van der Waals surface area contributed by atoms with E-state index in [0.29, 0.717) is 6.04 Å². The van der Waals surface area contributed by atoms with E-state index in [-0.39, 0.29) is 5.56 Å². The minimum Gasteiger partial charge on any atom is -0.311 e. The van der Waals surface area contributed by atoms with Crippen molar-refractivity contribution in [2.24, 2.45) is 0 Å². The molecule has 1 aromatic heterocycles. The highest BCUT2D eigenvalue weighted by Gasteiger charge is 2.19. The highest BCUT2D eigenvalue weighted by Crippen LogP contribution is 2.30. The molecule has 0 amide bonds. The second-order valence-corrected chi connectivity index (χ2v) is 4.28. The fraction of sp³-hybridized carbons (Fsp3) is 0.500. The Bertz CT molecular complexity index is 354. The first-order valence-corrected chi connectivity index (χ1v) is 5.80. The van der Waals surface area contributed by atoms with Gasteiger partial charge in [0, 0.05) is 23.2 Å². The molecule has 1 heterocycles. The molecule has 0 saturated heterocycles. The lowest BCUT2D eigenvalue weighted by atomic mass is 9.93. The van der Waals surface area contributed by atoms with Gasteiger partial charge in [-0.3, -0.25) is 4.79 Å². The van der Waals surface area contributed by atoms with Crippen molar-refractivity contribution in [1.82, 2.24) is 4.57 Å². The van der Waals surface area contributed by atoms with Crippen LogP contribution in [0.3, 0.4) is 0 Å². The summed E-state index contributed by atoms with van der Waals surface area (Å²) >= 11 is 1.68. The lowest BCUT2D eigenvalue weighted by Crippen LogP contribution is -2.27. The Morgan fingerprint density at radius 2 is 2.23 bits per heavy atom. The van der Waals surface area contributed by atoms with Gasteiger partial charge in [0.05, 0.1) is 0 Å². The number of rotatable bonds is 2. The molecule has 0 unspecified atom stereocenters. The quantitative estimate of drug-likeness (QED) is 0.675. The van der Waals surface area contributed by atoms with Crippen molar-refractivity contribution in [3.63, 3.8) is 0 Å². The van der Waals surface area contributed by atoms with Crippen LogP contribution in [0.1, 0.15) is 25.3 Å². The molecule has 0 aromatic carbocycles. The summed E-state index contributed by atoms with van der Waals surface area (Å²) in [6.07, 6.45) is 7.61. The number of hydrogen-bond donors (Lipinski definition) is 0. The van der Waals surface area contributed by atoms with Gasteiger partial charge < -0.3 is 4.57 Å². The van der Waals surface area contributed by atoms with Crippen molar-refractivity contribution in [2.45, 2.75) is 30.2 Å². The Balaban J connectivity index is 2.36. The van der Waals surface area contributed by atoms with Gasteiger partial charge in [0.15, 0.2) is 0 Å². The summed E-state index contributed by atoms with van der Waals surface area (Å²) in [5, 5.41) is 0. The summed E-state index contributed by atoms with van der Waals surface area (Å²) in [4.78, 5) is 12.6. The average molecular weight is 195 g/mol. The van der Waals surface area contributed by atoms with E-state index in [2.05, 4.69) is 0 Å². The second-order valence-electron chi connectivity index (χ2n) is 3.40. The molecule has 3 heteroatoms. The van der Waals surface area contributed by atoms with E-state index in [1.165, 1.54) is 11.3 Å². The number of thioether (sulfide) groups is 1. The largest absolute Gasteiger partial charge is 0.311 e. The van der Waals surface area contributed by atoms with Gasteiger partial charge in [-0.1, -0.05) is 0 Å². The third-order valence-electron chi connectivity index (χ3n) is 2.61. The Hall–Kier alpha value is -0.700. The maximum atomic E-state index is 11.5. The summed E-state index contributed by atoms with van der Waals surface area (Å²) < 4.78 is 1.88. The van der Waals surface area contributed by atoms with Gasteiger partial charge in [-0.2, -0.15) is 0 Å². The predicted molar refractivity (Wildman–Crippen MR) is 55.4 cm³/mol. The summed E-state index contributed by atoms with van der Waals surface area (Å²) in [5.74, 6) is 0. The summed E-state index contributed by atoms with van der Waals surface area (Å²) in [6, 6.07) is 4.03. The molecular weight excluding hydrogens is 182 g/mol. The molecule has 0 aliphatic heterocycles. The van der Waals surface area contributed by atoms with E-state index in [0.717, 1.165) is 12.8 Å². The van der Waals surface area contributed by atoms with Gasteiger partial charge >= 0.3 is 0 Å². The molecule has 2 rings (SSSR count). The van der Waals surface area contributed by atoms with Gasteiger partial charge in [0.25, 0.3) is 5.56 Å². The maximum absolute atomic E-state index is 11.5. The molecular formula is C10H13NOS. The fourth-order valence-electron chi connectivity index (χ4n) is 1.55. The standard InChI is InChI=1S/C10H13NOS/c1-13-9-5-6-10(12)11(7-9)8-3-2-4-8/h5-8H,2-4H2,1H3. The molecule has 1 aromatic rings. The normalized spacial score (nSPS) is 17.0. The number of aromatic nitrogens is 1. The van der Waals surface area contributed by atoms with Gasteiger partial charge in [0.1, 0.15) is 0 Å². The molecule has 0 radical (unpaired) electrons. The molecule has 1 aliphatic rings. The zero-order valence-corrected chi connectivity index (χ0v) is 8.51. The zero-order chi connectivity index (χ0) is 9.26. The van der Waals surface area contributed by atoms with Crippen molar-refractivity contribution in [2.75, 3.05) is 6.26 Å². The molecule has 2 nitrogen and oxygen atoms in total. The molecule has 1 aliphatic carbocycles. The molecule has 13 heavy (non-hydrogen) atoms. The number of pyridine rings is 1. The lowest BCUT2D eigenvalue weighted by molar-refractivity contribution is 0.305. The lowest BCUT2D eigenvalue weighted by Gasteiger charge is -2.27. The van der Waals surface area contributed by atoms with Crippen LogP contribution >= 0.6 is 11.8 Å².